The first-order chi connectivity index (χ1) is 12.1. The fourth-order valence-electron chi connectivity index (χ4n) is 3.32. The molecule has 1 amide bonds. The lowest BCUT2D eigenvalue weighted by molar-refractivity contribution is -0.121. The molecular formula is C21H25FN2O. The van der Waals surface area contributed by atoms with E-state index in [1.54, 1.807) is 18.2 Å². The topological polar surface area (TPSA) is 32.3 Å². The van der Waals surface area contributed by atoms with Gasteiger partial charge >= 0.3 is 0 Å². The maximum absolute atomic E-state index is 13.6. The summed E-state index contributed by atoms with van der Waals surface area (Å²) in [6.45, 7) is 4.72. The number of aryl methyl sites for hydroxylation is 1. The highest BCUT2D eigenvalue weighted by Gasteiger charge is 2.20. The second-order valence-electron chi connectivity index (χ2n) is 6.73. The van der Waals surface area contributed by atoms with Crippen LogP contribution in [0.25, 0.3) is 0 Å². The van der Waals surface area contributed by atoms with Gasteiger partial charge in [0, 0.05) is 32.1 Å². The van der Waals surface area contributed by atoms with Crippen LogP contribution in [0, 0.1) is 5.82 Å². The summed E-state index contributed by atoms with van der Waals surface area (Å²) >= 11 is 0. The lowest BCUT2D eigenvalue weighted by Crippen LogP contribution is -2.44. The van der Waals surface area contributed by atoms with E-state index in [0.717, 1.165) is 19.5 Å². The Morgan fingerprint density at radius 2 is 1.88 bits per heavy atom. The molecule has 0 fully saturated rings. The summed E-state index contributed by atoms with van der Waals surface area (Å²) < 4.78 is 13.6. The Hall–Kier alpha value is -2.20. The molecule has 0 aromatic heterocycles. The smallest absolute Gasteiger partial charge is 0.220 e. The Morgan fingerprint density at radius 1 is 1.16 bits per heavy atom. The normalized spacial score (nSPS) is 15.4. The van der Waals surface area contributed by atoms with Crippen LogP contribution in [0.2, 0.25) is 0 Å². The van der Waals surface area contributed by atoms with Gasteiger partial charge in [0.1, 0.15) is 5.82 Å². The first-order valence-corrected chi connectivity index (χ1v) is 8.94. The quantitative estimate of drug-likeness (QED) is 0.875. The van der Waals surface area contributed by atoms with Crippen LogP contribution in [-0.2, 0) is 24.2 Å². The van der Waals surface area contributed by atoms with E-state index in [1.807, 2.05) is 0 Å². The summed E-state index contributed by atoms with van der Waals surface area (Å²) in [5.74, 6) is -0.261. The van der Waals surface area contributed by atoms with Crippen molar-refractivity contribution in [1.29, 1.82) is 0 Å². The van der Waals surface area contributed by atoms with Crippen LogP contribution in [0.5, 0.6) is 0 Å². The second kappa shape index (κ2) is 8.26. The molecule has 2 aromatic carbocycles. The molecule has 3 nitrogen and oxygen atoms in total. The van der Waals surface area contributed by atoms with Crippen molar-refractivity contribution in [2.75, 3.05) is 13.1 Å². The lowest BCUT2D eigenvalue weighted by Gasteiger charge is -2.33. The second-order valence-corrected chi connectivity index (χ2v) is 6.73. The van der Waals surface area contributed by atoms with E-state index in [-0.39, 0.29) is 17.8 Å². The number of carbonyl (C=O) groups is 1. The van der Waals surface area contributed by atoms with Gasteiger partial charge in [0.05, 0.1) is 0 Å². The van der Waals surface area contributed by atoms with E-state index in [2.05, 4.69) is 41.4 Å². The third-order valence-corrected chi connectivity index (χ3v) is 4.96. The number of carbonyl (C=O) groups excluding carboxylic acids is 1. The van der Waals surface area contributed by atoms with E-state index in [4.69, 9.17) is 0 Å². The van der Waals surface area contributed by atoms with E-state index in [0.29, 0.717) is 24.9 Å². The number of nitrogens with zero attached hydrogens (tertiary/aromatic N) is 1. The minimum atomic E-state index is -0.240. The monoisotopic (exact) mass is 340 g/mol. The lowest BCUT2D eigenvalue weighted by atomic mass is 9.99. The zero-order chi connectivity index (χ0) is 17.6. The van der Waals surface area contributed by atoms with Crippen LogP contribution in [-0.4, -0.2) is 29.9 Å². The maximum Gasteiger partial charge on any atom is 0.220 e. The van der Waals surface area contributed by atoms with Gasteiger partial charge in [-0.3, -0.25) is 9.69 Å². The molecule has 0 radical (unpaired) electrons. The highest BCUT2D eigenvalue weighted by molar-refractivity contribution is 5.76. The van der Waals surface area contributed by atoms with E-state index >= 15 is 0 Å². The molecule has 0 saturated carbocycles. The van der Waals surface area contributed by atoms with Crippen molar-refractivity contribution in [3.63, 3.8) is 0 Å². The molecule has 0 bridgehead atoms. The highest BCUT2D eigenvalue weighted by atomic mass is 19.1. The Kier molecular flexibility index (Phi) is 5.82. The molecule has 132 valence electrons. The molecule has 4 heteroatoms. The van der Waals surface area contributed by atoms with Gasteiger partial charge in [0.15, 0.2) is 0 Å². The van der Waals surface area contributed by atoms with Crippen LogP contribution in [0.3, 0.4) is 0 Å². The first-order valence-electron chi connectivity index (χ1n) is 8.94. The van der Waals surface area contributed by atoms with Gasteiger partial charge in [-0.25, -0.2) is 4.39 Å². The number of rotatable bonds is 6. The number of halogens is 1. The molecule has 3 rings (SSSR count). The van der Waals surface area contributed by atoms with Gasteiger partial charge in [-0.2, -0.15) is 0 Å². The van der Waals surface area contributed by atoms with Crippen LogP contribution < -0.4 is 5.32 Å². The summed E-state index contributed by atoms with van der Waals surface area (Å²) in [5, 5.41) is 2.99. The molecular weight excluding hydrogens is 315 g/mol. The number of hydrogen-bond acceptors (Lipinski definition) is 2. The minimum Gasteiger partial charge on any atom is -0.355 e. The van der Waals surface area contributed by atoms with Crippen molar-refractivity contribution in [2.24, 2.45) is 0 Å². The number of nitrogens with one attached hydrogen (secondary N) is 1. The van der Waals surface area contributed by atoms with Crippen LogP contribution in [0.4, 0.5) is 4.39 Å². The summed E-state index contributed by atoms with van der Waals surface area (Å²) in [7, 11) is 0. The van der Waals surface area contributed by atoms with Crippen molar-refractivity contribution in [3.8, 4) is 0 Å². The third-order valence-electron chi connectivity index (χ3n) is 4.96. The predicted octanol–water partition coefficient (Wildman–Crippen LogP) is 3.32. The highest BCUT2D eigenvalue weighted by Crippen LogP contribution is 2.20. The Balaban J connectivity index is 1.44. The van der Waals surface area contributed by atoms with Crippen molar-refractivity contribution in [2.45, 2.75) is 38.8 Å². The SMILES string of the molecule is CC(CNC(=O)CCc1ccccc1F)N1CCc2ccccc2C1. The number of hydrogen-bond donors (Lipinski definition) is 1. The zero-order valence-electron chi connectivity index (χ0n) is 14.7. The molecule has 0 spiro atoms. The standard InChI is InChI=1S/C21H25FN2O/c1-16(24-13-12-17-6-2-3-8-19(17)15-24)14-23-21(25)11-10-18-7-4-5-9-20(18)22/h2-9,16H,10-15H2,1H3,(H,23,25). The molecule has 2 aromatic rings. The number of benzene rings is 2. The van der Waals surface area contributed by atoms with Crippen LogP contribution in [0.15, 0.2) is 48.5 Å². The summed E-state index contributed by atoms with van der Waals surface area (Å²) in [6.07, 6.45) is 1.81. The van der Waals surface area contributed by atoms with Gasteiger partial charge < -0.3 is 5.32 Å². The van der Waals surface area contributed by atoms with Crippen molar-refractivity contribution in [1.82, 2.24) is 10.2 Å². The van der Waals surface area contributed by atoms with Crippen molar-refractivity contribution >= 4 is 5.91 Å². The van der Waals surface area contributed by atoms with Crippen LogP contribution in [0.1, 0.15) is 30.0 Å². The molecule has 1 N–H and O–H groups in total. The summed E-state index contributed by atoms with van der Waals surface area (Å²) in [5.41, 5.74) is 3.41. The minimum absolute atomic E-state index is 0.0208. The van der Waals surface area contributed by atoms with Crippen LogP contribution >= 0.6 is 0 Å². The van der Waals surface area contributed by atoms with Gasteiger partial charge in [-0.05, 0) is 42.5 Å². The molecule has 25 heavy (non-hydrogen) atoms. The molecule has 1 heterocycles. The molecule has 0 aliphatic carbocycles. The molecule has 1 aliphatic rings. The van der Waals surface area contributed by atoms with Gasteiger partial charge in [0.2, 0.25) is 5.91 Å². The average molecular weight is 340 g/mol. The van der Waals surface area contributed by atoms with E-state index in [9.17, 15) is 9.18 Å². The molecule has 1 aliphatic heterocycles. The van der Waals surface area contributed by atoms with Gasteiger partial charge in [-0.1, -0.05) is 42.5 Å². The molecule has 1 unspecified atom stereocenters. The number of fused-ring (bicyclic) bond motifs is 1. The third kappa shape index (κ3) is 4.67. The van der Waals surface area contributed by atoms with Crippen molar-refractivity contribution < 1.29 is 9.18 Å². The first kappa shape index (κ1) is 17.6. The molecule has 0 saturated heterocycles. The van der Waals surface area contributed by atoms with E-state index < -0.39 is 0 Å². The fourth-order valence-corrected chi connectivity index (χ4v) is 3.32. The van der Waals surface area contributed by atoms with Gasteiger partial charge in [0.25, 0.3) is 0 Å². The van der Waals surface area contributed by atoms with Crippen molar-refractivity contribution in [3.05, 3.63) is 71.0 Å². The Bertz CT molecular complexity index is 731. The molecule has 1 atom stereocenters. The predicted molar refractivity (Wildman–Crippen MR) is 97.7 cm³/mol. The number of amides is 1. The summed E-state index contributed by atoms with van der Waals surface area (Å²) in [6, 6.07) is 15.5. The summed E-state index contributed by atoms with van der Waals surface area (Å²) in [4.78, 5) is 14.5. The largest absolute Gasteiger partial charge is 0.355 e. The average Bonchev–Trinajstić information content (AvgIpc) is 2.65. The Labute approximate surface area is 148 Å². The Morgan fingerprint density at radius 3 is 2.68 bits per heavy atom. The fraction of sp³-hybridized carbons (Fsp3) is 0.381. The van der Waals surface area contributed by atoms with E-state index in [1.165, 1.54) is 17.2 Å². The maximum atomic E-state index is 13.6. The van der Waals surface area contributed by atoms with Gasteiger partial charge in [-0.15, -0.1) is 0 Å². The zero-order valence-corrected chi connectivity index (χ0v) is 14.7.